The van der Waals surface area contributed by atoms with Gasteiger partial charge in [-0.1, -0.05) is 18.2 Å². The molecule has 0 atom stereocenters. The molecule has 1 heterocycles. The maximum absolute atomic E-state index is 12.0. The zero-order chi connectivity index (χ0) is 16.1. The van der Waals surface area contributed by atoms with Crippen LogP contribution in [0.3, 0.4) is 0 Å². The van der Waals surface area contributed by atoms with Gasteiger partial charge in [-0.05, 0) is 48.7 Å². The van der Waals surface area contributed by atoms with E-state index >= 15 is 0 Å². The lowest BCUT2D eigenvalue weighted by Crippen LogP contribution is -2.29. The fourth-order valence-corrected chi connectivity index (χ4v) is 2.65. The number of aryl methyl sites for hydroxylation is 1. The smallest absolute Gasteiger partial charge is 0.271 e. The fraction of sp³-hybridized carbons (Fsp3) is 0.222. The monoisotopic (exact) mass is 309 g/mol. The molecule has 0 aliphatic carbocycles. The summed E-state index contributed by atoms with van der Waals surface area (Å²) in [6.45, 7) is 0.902. The van der Waals surface area contributed by atoms with E-state index in [9.17, 15) is 4.79 Å². The summed E-state index contributed by atoms with van der Waals surface area (Å²) in [7, 11) is 1.59. The van der Waals surface area contributed by atoms with E-state index in [1.165, 1.54) is 5.56 Å². The van der Waals surface area contributed by atoms with Gasteiger partial charge >= 0.3 is 0 Å². The fourth-order valence-electron chi connectivity index (χ4n) is 2.65. The molecule has 2 aromatic rings. The Hall–Kier alpha value is -2.82. The van der Waals surface area contributed by atoms with Crippen molar-refractivity contribution < 1.29 is 9.53 Å². The largest absolute Gasteiger partial charge is 0.497 e. The summed E-state index contributed by atoms with van der Waals surface area (Å²) in [4.78, 5) is 14.1. The molecule has 1 aliphatic rings. The first-order valence-electron chi connectivity index (χ1n) is 7.60. The Balaban J connectivity index is 1.64. The summed E-state index contributed by atoms with van der Waals surface area (Å²) in [5.74, 6) is 0.476. The lowest BCUT2D eigenvalue weighted by atomic mass is 10.0. The molecule has 1 N–H and O–H groups in total. The van der Waals surface area contributed by atoms with Gasteiger partial charge in [-0.15, -0.1) is 0 Å². The first-order valence-corrected chi connectivity index (χ1v) is 7.60. The van der Waals surface area contributed by atoms with Crippen LogP contribution in [0, 0.1) is 0 Å². The molecule has 3 rings (SSSR count). The Kier molecular flexibility index (Phi) is 4.57. The van der Waals surface area contributed by atoms with Crippen LogP contribution in [0.5, 0.6) is 5.75 Å². The number of nitrogens with one attached hydrogen (secondary N) is 1. The molecule has 0 saturated carbocycles. The minimum Gasteiger partial charge on any atom is -0.497 e. The third-order valence-corrected chi connectivity index (χ3v) is 3.86. The Morgan fingerprint density at radius 1 is 1.22 bits per heavy atom. The van der Waals surface area contributed by atoms with E-state index in [2.05, 4.69) is 27.6 Å². The molecule has 0 spiro atoms. The molecule has 23 heavy (non-hydrogen) atoms. The van der Waals surface area contributed by atoms with Gasteiger partial charge in [0.15, 0.2) is 0 Å². The second-order valence-electron chi connectivity index (χ2n) is 5.34. The van der Waals surface area contributed by atoms with E-state index in [1.54, 1.807) is 37.7 Å². The maximum atomic E-state index is 12.0. The van der Waals surface area contributed by atoms with Crippen LogP contribution in [0.25, 0.3) is 0 Å². The van der Waals surface area contributed by atoms with Crippen LogP contribution in [0.4, 0.5) is 5.69 Å². The predicted octanol–water partition coefficient (Wildman–Crippen LogP) is 2.82. The quantitative estimate of drug-likeness (QED) is 0.537. The molecule has 118 valence electrons. The number of ether oxygens (including phenoxy) is 1. The number of carbonyl (C=O) groups excluding carboxylic acids is 1. The summed E-state index contributed by atoms with van der Waals surface area (Å²) >= 11 is 0. The van der Waals surface area contributed by atoms with Crippen molar-refractivity contribution in [2.45, 2.75) is 12.8 Å². The third-order valence-electron chi connectivity index (χ3n) is 3.86. The van der Waals surface area contributed by atoms with Crippen LogP contribution >= 0.6 is 0 Å². The zero-order valence-corrected chi connectivity index (χ0v) is 13.0. The number of hydrogen-bond acceptors (Lipinski definition) is 3. The van der Waals surface area contributed by atoms with Gasteiger partial charge in [-0.25, -0.2) is 5.43 Å². The summed E-state index contributed by atoms with van der Waals surface area (Å²) in [6.07, 6.45) is 3.84. The van der Waals surface area contributed by atoms with Gasteiger partial charge in [0, 0.05) is 17.8 Å². The number of anilines is 1. The summed E-state index contributed by atoms with van der Waals surface area (Å²) in [5, 5.41) is 4.08. The number of hydrogen-bond donors (Lipinski definition) is 1. The van der Waals surface area contributed by atoms with Gasteiger partial charge in [0.2, 0.25) is 0 Å². The Morgan fingerprint density at radius 3 is 2.78 bits per heavy atom. The number of fused-ring (bicyclic) bond motifs is 1. The van der Waals surface area contributed by atoms with Crippen molar-refractivity contribution in [3.8, 4) is 5.75 Å². The molecule has 5 nitrogen and oxygen atoms in total. The van der Waals surface area contributed by atoms with E-state index in [-0.39, 0.29) is 5.91 Å². The summed E-state index contributed by atoms with van der Waals surface area (Å²) in [6, 6.07) is 15.2. The third kappa shape index (κ3) is 3.51. The number of nitrogens with zero attached hydrogens (tertiary/aromatic N) is 2. The number of methoxy groups -OCH3 is 1. The predicted molar refractivity (Wildman–Crippen MR) is 91.1 cm³/mol. The van der Waals surface area contributed by atoms with Crippen LogP contribution < -0.4 is 15.1 Å². The molecule has 2 aromatic carbocycles. The zero-order valence-electron chi connectivity index (χ0n) is 13.0. The highest BCUT2D eigenvalue weighted by Gasteiger charge is 2.14. The van der Waals surface area contributed by atoms with Crippen molar-refractivity contribution in [3.05, 3.63) is 59.7 Å². The second-order valence-corrected chi connectivity index (χ2v) is 5.34. The van der Waals surface area contributed by atoms with Crippen molar-refractivity contribution in [3.63, 3.8) is 0 Å². The summed E-state index contributed by atoms with van der Waals surface area (Å²) in [5.41, 5.74) is 5.57. The van der Waals surface area contributed by atoms with Crippen LogP contribution in [0.1, 0.15) is 22.3 Å². The van der Waals surface area contributed by atoms with E-state index in [0.717, 1.165) is 30.8 Å². The number of carbonyl (C=O) groups is 1. The van der Waals surface area contributed by atoms with Crippen LogP contribution in [-0.2, 0) is 6.42 Å². The Labute approximate surface area is 135 Å². The SMILES string of the molecule is COc1ccc(C(=O)N/N=C\N2CCCc3ccccc32)cc1. The summed E-state index contributed by atoms with van der Waals surface area (Å²) < 4.78 is 5.07. The number of benzene rings is 2. The normalized spacial score (nSPS) is 13.7. The minimum absolute atomic E-state index is 0.241. The highest BCUT2D eigenvalue weighted by atomic mass is 16.5. The second kappa shape index (κ2) is 6.96. The molecule has 0 unspecified atom stereocenters. The van der Waals surface area contributed by atoms with Crippen molar-refractivity contribution >= 4 is 17.9 Å². The van der Waals surface area contributed by atoms with Gasteiger partial charge in [-0.3, -0.25) is 4.79 Å². The molecule has 0 saturated heterocycles. The molecule has 0 aromatic heterocycles. The number of para-hydroxylation sites is 1. The number of hydrazone groups is 1. The molecular weight excluding hydrogens is 290 g/mol. The van der Waals surface area contributed by atoms with Crippen LogP contribution in [-0.4, -0.2) is 25.9 Å². The molecule has 0 fully saturated rings. The number of amides is 1. The molecule has 1 amide bonds. The van der Waals surface area contributed by atoms with Crippen molar-refractivity contribution in [2.24, 2.45) is 5.10 Å². The first-order chi connectivity index (χ1) is 11.3. The Morgan fingerprint density at radius 2 is 2.00 bits per heavy atom. The first kappa shape index (κ1) is 15.1. The topological polar surface area (TPSA) is 53.9 Å². The van der Waals surface area contributed by atoms with E-state index < -0.39 is 0 Å². The van der Waals surface area contributed by atoms with Gasteiger partial charge in [-0.2, -0.15) is 5.10 Å². The molecular formula is C18H19N3O2. The molecule has 0 bridgehead atoms. The molecule has 0 radical (unpaired) electrons. The van der Waals surface area contributed by atoms with Gasteiger partial charge in [0.1, 0.15) is 12.1 Å². The standard InChI is InChI=1S/C18H19N3O2/c1-23-16-10-8-15(9-11-16)18(22)20-19-13-21-12-4-6-14-5-2-3-7-17(14)21/h2-3,5,7-11,13H,4,6,12H2,1H3,(H,20,22)/b19-13-. The van der Waals surface area contributed by atoms with Crippen LogP contribution in [0.15, 0.2) is 53.6 Å². The van der Waals surface area contributed by atoms with E-state index in [1.807, 2.05) is 12.1 Å². The van der Waals surface area contributed by atoms with E-state index in [0.29, 0.717) is 5.56 Å². The van der Waals surface area contributed by atoms with Gasteiger partial charge in [0.25, 0.3) is 5.91 Å². The van der Waals surface area contributed by atoms with E-state index in [4.69, 9.17) is 4.74 Å². The average Bonchev–Trinajstić information content (AvgIpc) is 2.62. The molecule has 1 aliphatic heterocycles. The number of rotatable bonds is 4. The van der Waals surface area contributed by atoms with Crippen LogP contribution in [0.2, 0.25) is 0 Å². The Bertz CT molecular complexity index is 710. The highest BCUT2D eigenvalue weighted by molar-refractivity contribution is 5.94. The van der Waals surface area contributed by atoms with Crippen molar-refractivity contribution in [1.29, 1.82) is 0 Å². The van der Waals surface area contributed by atoms with Crippen molar-refractivity contribution in [2.75, 3.05) is 18.6 Å². The lowest BCUT2D eigenvalue weighted by molar-refractivity contribution is 0.0955. The van der Waals surface area contributed by atoms with Crippen molar-refractivity contribution in [1.82, 2.24) is 5.43 Å². The van der Waals surface area contributed by atoms with Gasteiger partial charge < -0.3 is 9.64 Å². The molecule has 5 heteroatoms. The average molecular weight is 309 g/mol. The maximum Gasteiger partial charge on any atom is 0.271 e. The minimum atomic E-state index is -0.241. The van der Waals surface area contributed by atoms with Gasteiger partial charge in [0.05, 0.1) is 7.11 Å². The highest BCUT2D eigenvalue weighted by Crippen LogP contribution is 2.25. The lowest BCUT2D eigenvalue weighted by Gasteiger charge is -2.27.